The molecule has 0 spiro atoms. The predicted octanol–water partition coefficient (Wildman–Crippen LogP) is 3.36. The number of aromatic amines is 1. The van der Waals surface area contributed by atoms with Crippen LogP contribution >= 0.6 is 0 Å². The van der Waals surface area contributed by atoms with Crippen LogP contribution in [-0.4, -0.2) is 22.3 Å². The first kappa shape index (κ1) is 19.4. The van der Waals surface area contributed by atoms with E-state index in [4.69, 9.17) is 10.2 Å². The molecule has 1 aliphatic rings. The number of halogens is 4. The summed E-state index contributed by atoms with van der Waals surface area (Å²) in [5.74, 6) is -2.65. The molecule has 148 valence electrons. The van der Waals surface area contributed by atoms with E-state index in [0.717, 1.165) is 6.07 Å². The molecule has 6 nitrogen and oxygen atoms in total. The summed E-state index contributed by atoms with van der Waals surface area (Å²) in [5, 5.41) is 8.31. The van der Waals surface area contributed by atoms with Crippen molar-refractivity contribution in [3.8, 4) is 11.5 Å². The van der Waals surface area contributed by atoms with Crippen LogP contribution in [0, 0.1) is 17.2 Å². The minimum atomic E-state index is -4.90. The van der Waals surface area contributed by atoms with Gasteiger partial charge in [0.1, 0.15) is 11.4 Å². The van der Waals surface area contributed by atoms with E-state index in [1.807, 2.05) is 18.9 Å². The highest BCUT2D eigenvalue weighted by Crippen LogP contribution is 2.48. The Hall–Kier alpha value is -2.36. The lowest BCUT2D eigenvalue weighted by molar-refractivity contribution is -0.139. The van der Waals surface area contributed by atoms with Crippen molar-refractivity contribution in [3.05, 3.63) is 34.1 Å². The number of nitrogens with zero attached hydrogens (tertiary/aromatic N) is 1. The van der Waals surface area contributed by atoms with Gasteiger partial charge in [0.05, 0.1) is 5.69 Å². The fourth-order valence-corrected chi connectivity index (χ4v) is 3.68. The number of hydrogen-bond acceptors (Lipinski definition) is 5. The van der Waals surface area contributed by atoms with Crippen LogP contribution in [-0.2, 0) is 6.18 Å². The Morgan fingerprint density at radius 2 is 2.07 bits per heavy atom. The second-order valence-electron chi connectivity index (χ2n) is 7.50. The lowest BCUT2D eigenvalue weighted by atomic mass is 9.56. The van der Waals surface area contributed by atoms with E-state index in [2.05, 4.69) is 10.4 Å². The lowest BCUT2D eigenvalue weighted by Gasteiger charge is -2.53. The van der Waals surface area contributed by atoms with E-state index >= 15 is 0 Å². The molecule has 27 heavy (non-hydrogen) atoms. The number of rotatable bonds is 4. The summed E-state index contributed by atoms with van der Waals surface area (Å²) >= 11 is 0. The van der Waals surface area contributed by atoms with Crippen molar-refractivity contribution in [2.45, 2.75) is 45.5 Å². The van der Waals surface area contributed by atoms with Crippen LogP contribution in [0.2, 0.25) is 0 Å². The molecule has 1 heterocycles. The second kappa shape index (κ2) is 6.36. The molecule has 1 aromatic heterocycles. The highest BCUT2D eigenvalue weighted by molar-refractivity contribution is 5.66. The molecule has 10 heteroatoms. The van der Waals surface area contributed by atoms with E-state index in [1.165, 1.54) is 0 Å². The van der Waals surface area contributed by atoms with Gasteiger partial charge in [0.25, 0.3) is 0 Å². The molecule has 3 atom stereocenters. The number of aromatic nitrogens is 2. The number of hydrogen-bond donors (Lipinski definition) is 3. The highest BCUT2D eigenvalue weighted by Gasteiger charge is 2.49. The van der Waals surface area contributed by atoms with Gasteiger partial charge in [0.15, 0.2) is 0 Å². The molecule has 1 aromatic carbocycles. The first-order chi connectivity index (χ1) is 12.4. The zero-order valence-electron chi connectivity index (χ0n) is 14.9. The molecule has 0 unspecified atom stereocenters. The van der Waals surface area contributed by atoms with Gasteiger partial charge in [-0.1, -0.05) is 13.8 Å². The molecule has 0 aliphatic heterocycles. The molecule has 0 radical (unpaired) electrons. The minimum Gasteiger partial charge on any atom is -0.388 e. The third-order valence-electron chi connectivity index (χ3n) is 5.46. The van der Waals surface area contributed by atoms with E-state index in [-0.39, 0.29) is 34.9 Å². The Bertz CT molecular complexity index is 903. The number of benzene rings is 1. The maximum Gasteiger partial charge on any atom is 0.434 e. The number of H-pyrrole nitrogens is 1. The van der Waals surface area contributed by atoms with Crippen molar-refractivity contribution in [1.82, 2.24) is 10.2 Å². The Labute approximate surface area is 152 Å². The zero-order chi connectivity index (χ0) is 20.1. The number of alkyl halides is 3. The van der Waals surface area contributed by atoms with Crippen molar-refractivity contribution in [3.63, 3.8) is 0 Å². The third-order valence-corrected chi connectivity index (χ3v) is 5.46. The SMILES string of the molecule is C[C@H](Nc1cc(-c2n[nH]c(=O)o2)cc(F)c1C(F)(F)F)[C@H]1C[C@@H](N)C1(C)C. The fourth-order valence-electron chi connectivity index (χ4n) is 3.68. The van der Waals surface area contributed by atoms with E-state index in [9.17, 15) is 22.4 Å². The minimum absolute atomic E-state index is 0.0172. The average molecular weight is 388 g/mol. The van der Waals surface area contributed by atoms with Gasteiger partial charge < -0.3 is 15.5 Å². The number of nitrogens with one attached hydrogen (secondary N) is 2. The summed E-state index contributed by atoms with van der Waals surface area (Å²) in [6.07, 6.45) is -4.25. The van der Waals surface area contributed by atoms with Gasteiger partial charge in [-0.05, 0) is 36.8 Å². The van der Waals surface area contributed by atoms with Crippen LogP contribution in [0.3, 0.4) is 0 Å². The molecule has 2 aromatic rings. The van der Waals surface area contributed by atoms with Crippen LogP contribution < -0.4 is 16.8 Å². The van der Waals surface area contributed by atoms with Gasteiger partial charge in [-0.25, -0.2) is 14.3 Å². The van der Waals surface area contributed by atoms with Crippen molar-refractivity contribution >= 4 is 5.69 Å². The maximum absolute atomic E-state index is 14.3. The Balaban J connectivity index is 2.01. The average Bonchev–Trinajstić information content (AvgIpc) is 2.97. The summed E-state index contributed by atoms with van der Waals surface area (Å²) in [6, 6.07) is 1.28. The Morgan fingerprint density at radius 3 is 2.56 bits per heavy atom. The van der Waals surface area contributed by atoms with Crippen LogP contribution in [0.4, 0.5) is 23.2 Å². The first-order valence-electron chi connectivity index (χ1n) is 8.40. The smallest absolute Gasteiger partial charge is 0.388 e. The first-order valence-corrected chi connectivity index (χ1v) is 8.40. The van der Waals surface area contributed by atoms with Crippen molar-refractivity contribution in [2.75, 3.05) is 5.32 Å². The van der Waals surface area contributed by atoms with Gasteiger partial charge in [0, 0.05) is 17.6 Å². The molecule has 3 rings (SSSR count). The molecule has 1 aliphatic carbocycles. The number of anilines is 1. The van der Waals surface area contributed by atoms with Crippen LogP contribution in [0.15, 0.2) is 21.3 Å². The predicted molar refractivity (Wildman–Crippen MR) is 90.5 cm³/mol. The van der Waals surface area contributed by atoms with Gasteiger partial charge in [-0.2, -0.15) is 13.2 Å². The van der Waals surface area contributed by atoms with Gasteiger partial charge in [0.2, 0.25) is 5.89 Å². The molecule has 0 bridgehead atoms. The van der Waals surface area contributed by atoms with Crippen molar-refractivity contribution in [1.29, 1.82) is 0 Å². The number of nitrogens with two attached hydrogens (primary N) is 1. The van der Waals surface area contributed by atoms with E-state index < -0.39 is 29.0 Å². The van der Waals surface area contributed by atoms with Gasteiger partial charge in [-0.3, -0.25) is 0 Å². The van der Waals surface area contributed by atoms with Gasteiger partial charge in [-0.15, -0.1) is 5.10 Å². The molecular weight excluding hydrogens is 368 g/mol. The lowest BCUT2D eigenvalue weighted by Crippen LogP contribution is -2.59. The van der Waals surface area contributed by atoms with Crippen molar-refractivity contribution < 1.29 is 22.0 Å². The monoisotopic (exact) mass is 388 g/mol. The summed E-state index contributed by atoms with van der Waals surface area (Å²) in [6.45, 7) is 5.63. The quantitative estimate of drug-likeness (QED) is 0.698. The fraction of sp³-hybridized carbons (Fsp3) is 0.529. The topological polar surface area (TPSA) is 96.9 Å². The highest BCUT2D eigenvalue weighted by atomic mass is 19.4. The van der Waals surface area contributed by atoms with E-state index in [1.54, 1.807) is 6.92 Å². The largest absolute Gasteiger partial charge is 0.434 e. The summed E-state index contributed by atoms with van der Waals surface area (Å²) in [4.78, 5) is 11.1. The molecule has 0 saturated heterocycles. The molecule has 1 saturated carbocycles. The van der Waals surface area contributed by atoms with E-state index in [0.29, 0.717) is 12.5 Å². The normalized spacial score (nSPS) is 23.0. The Kier molecular flexibility index (Phi) is 4.57. The third kappa shape index (κ3) is 3.45. The maximum atomic E-state index is 14.3. The van der Waals surface area contributed by atoms with Gasteiger partial charge >= 0.3 is 11.9 Å². The summed E-state index contributed by atoms with van der Waals surface area (Å²) < 4.78 is 59.3. The molecule has 4 N–H and O–H groups in total. The Morgan fingerprint density at radius 1 is 1.41 bits per heavy atom. The van der Waals surface area contributed by atoms with Crippen LogP contribution in [0.25, 0.3) is 11.5 Å². The zero-order valence-corrected chi connectivity index (χ0v) is 14.9. The summed E-state index contributed by atoms with van der Waals surface area (Å²) in [5.41, 5.74) is 3.80. The molecule has 1 fully saturated rings. The molecule has 0 amide bonds. The van der Waals surface area contributed by atoms with Crippen molar-refractivity contribution in [2.24, 2.45) is 17.1 Å². The molecular formula is C17H20F4N4O2. The van der Waals surface area contributed by atoms with Crippen LogP contribution in [0.1, 0.15) is 32.8 Å². The second-order valence-corrected chi connectivity index (χ2v) is 7.50. The standard InChI is InChI=1S/C17H20F4N4O2/c1-7(9-6-12(22)16(9,2)3)23-11-5-8(14-24-25-15(26)27-14)4-10(18)13(11)17(19,20)21/h4-5,7,9,12,23H,6,22H2,1-3H3,(H,25,26)/t7-,9+,12+/m0/s1. The van der Waals surface area contributed by atoms with Crippen LogP contribution in [0.5, 0.6) is 0 Å². The summed E-state index contributed by atoms with van der Waals surface area (Å²) in [7, 11) is 0.